The Morgan fingerprint density at radius 2 is 2.14 bits per heavy atom. The highest BCUT2D eigenvalue weighted by Crippen LogP contribution is 2.30. The Kier molecular flexibility index (Phi) is 4.18. The Morgan fingerprint density at radius 3 is 2.71 bits per heavy atom. The first-order chi connectivity index (χ1) is 9.83. The molecule has 0 bridgehead atoms. The van der Waals surface area contributed by atoms with Gasteiger partial charge >= 0.3 is 5.97 Å². The molecule has 0 aliphatic rings. The molecule has 0 radical (unpaired) electrons. The summed E-state index contributed by atoms with van der Waals surface area (Å²) in [4.78, 5) is 12.4. The van der Waals surface area contributed by atoms with Gasteiger partial charge in [-0.05, 0) is 23.6 Å². The normalized spacial score (nSPS) is 11.4. The zero-order chi connectivity index (χ0) is 15.6. The predicted octanol–water partition coefficient (Wildman–Crippen LogP) is 3.56. The van der Waals surface area contributed by atoms with Crippen molar-refractivity contribution in [3.63, 3.8) is 0 Å². The second-order valence-corrected chi connectivity index (χ2v) is 6.35. The minimum atomic E-state index is -1.25. The summed E-state index contributed by atoms with van der Waals surface area (Å²) in [7, 11) is 0. The Balaban J connectivity index is 2.25. The summed E-state index contributed by atoms with van der Waals surface area (Å²) in [6.07, 6.45) is 0. The Morgan fingerprint density at radius 1 is 1.43 bits per heavy atom. The number of thiophene rings is 1. The number of carboxylic acid groups (broad SMARTS) is 1. The third-order valence-electron chi connectivity index (χ3n) is 3.32. The molecule has 0 unspecified atom stereocenters. The third kappa shape index (κ3) is 3.16. The van der Waals surface area contributed by atoms with Crippen LogP contribution in [0.25, 0.3) is 0 Å². The van der Waals surface area contributed by atoms with Gasteiger partial charge in [-0.3, -0.25) is 0 Å². The Hall–Kier alpha value is -2.08. The van der Waals surface area contributed by atoms with E-state index >= 15 is 0 Å². The van der Waals surface area contributed by atoms with E-state index in [9.17, 15) is 14.3 Å². The molecular weight excluding hydrogens is 291 g/mol. The molecule has 1 aromatic heterocycles. The molecule has 1 heterocycles. The summed E-state index contributed by atoms with van der Waals surface area (Å²) in [6, 6.07) is 6.58. The van der Waals surface area contributed by atoms with Crippen LogP contribution in [-0.2, 0) is 5.41 Å². The number of nitrogens with one attached hydrogen (secondary N) is 1. The molecule has 0 saturated heterocycles. The van der Waals surface area contributed by atoms with Crippen molar-refractivity contribution >= 4 is 28.7 Å². The average molecular weight is 308 g/mol. The van der Waals surface area contributed by atoms with E-state index in [1.54, 1.807) is 11.3 Å². The standard InChI is InChI=1S/C15H17FN2O2S/c1-15(2,11-4-3-7-21-11)8-18-10-6-5-9(16)13(17)12(10)14(19)20/h3-7,18H,8,17H2,1-2H3,(H,19,20). The van der Waals surface area contributed by atoms with E-state index in [4.69, 9.17) is 5.73 Å². The van der Waals surface area contributed by atoms with Crippen molar-refractivity contribution in [3.05, 3.63) is 45.9 Å². The molecular formula is C15H17FN2O2S. The fraction of sp³-hybridized carbons (Fsp3) is 0.267. The van der Waals surface area contributed by atoms with E-state index in [-0.39, 0.29) is 16.7 Å². The zero-order valence-electron chi connectivity index (χ0n) is 11.8. The fourth-order valence-electron chi connectivity index (χ4n) is 2.04. The number of hydrogen-bond donors (Lipinski definition) is 3. The lowest BCUT2D eigenvalue weighted by Crippen LogP contribution is -2.27. The van der Waals surface area contributed by atoms with Crippen molar-refractivity contribution < 1.29 is 14.3 Å². The van der Waals surface area contributed by atoms with Gasteiger partial charge in [0.25, 0.3) is 0 Å². The molecule has 0 amide bonds. The number of benzene rings is 1. The van der Waals surface area contributed by atoms with Crippen molar-refractivity contribution in [3.8, 4) is 0 Å². The van der Waals surface area contributed by atoms with E-state index < -0.39 is 11.8 Å². The molecule has 0 aliphatic carbocycles. The van der Waals surface area contributed by atoms with Gasteiger partial charge in [0.1, 0.15) is 11.4 Å². The maximum absolute atomic E-state index is 13.4. The molecule has 2 aromatic rings. The first-order valence-electron chi connectivity index (χ1n) is 6.42. The van der Waals surface area contributed by atoms with Gasteiger partial charge in [0.05, 0.1) is 11.4 Å². The van der Waals surface area contributed by atoms with E-state index in [0.717, 1.165) is 0 Å². The molecule has 4 nitrogen and oxygen atoms in total. The van der Waals surface area contributed by atoms with Crippen LogP contribution in [0.1, 0.15) is 29.1 Å². The fourth-order valence-corrected chi connectivity index (χ4v) is 2.89. The minimum Gasteiger partial charge on any atom is -0.478 e. The molecule has 21 heavy (non-hydrogen) atoms. The zero-order valence-corrected chi connectivity index (χ0v) is 12.6. The summed E-state index contributed by atoms with van der Waals surface area (Å²) in [5.74, 6) is -1.97. The lowest BCUT2D eigenvalue weighted by atomic mass is 9.91. The quantitative estimate of drug-likeness (QED) is 0.738. The minimum absolute atomic E-state index is 0.174. The monoisotopic (exact) mass is 308 g/mol. The second kappa shape index (κ2) is 5.73. The van der Waals surface area contributed by atoms with Crippen LogP contribution >= 0.6 is 11.3 Å². The molecule has 4 N–H and O–H groups in total. The van der Waals surface area contributed by atoms with E-state index in [0.29, 0.717) is 12.2 Å². The largest absolute Gasteiger partial charge is 0.478 e. The van der Waals surface area contributed by atoms with E-state index in [1.807, 2.05) is 17.5 Å². The maximum Gasteiger partial charge on any atom is 0.340 e. The Labute approximate surface area is 126 Å². The van der Waals surface area contributed by atoms with Gasteiger partial charge in [0.2, 0.25) is 0 Å². The van der Waals surface area contributed by atoms with Crippen LogP contribution < -0.4 is 11.1 Å². The lowest BCUT2D eigenvalue weighted by Gasteiger charge is -2.25. The van der Waals surface area contributed by atoms with Crippen LogP contribution in [0.3, 0.4) is 0 Å². The van der Waals surface area contributed by atoms with Gasteiger partial charge in [0.15, 0.2) is 0 Å². The van der Waals surface area contributed by atoms with Gasteiger partial charge in [0, 0.05) is 16.8 Å². The summed E-state index contributed by atoms with van der Waals surface area (Å²) in [5, 5.41) is 14.3. The van der Waals surface area contributed by atoms with Crippen molar-refractivity contribution in [2.75, 3.05) is 17.6 Å². The van der Waals surface area contributed by atoms with Gasteiger partial charge in [-0.2, -0.15) is 0 Å². The highest BCUT2D eigenvalue weighted by molar-refractivity contribution is 7.10. The number of anilines is 2. The van der Waals surface area contributed by atoms with Crippen LogP contribution in [-0.4, -0.2) is 17.6 Å². The molecule has 1 aromatic carbocycles. The van der Waals surface area contributed by atoms with Crippen LogP contribution in [0, 0.1) is 5.82 Å². The van der Waals surface area contributed by atoms with Crippen LogP contribution in [0.15, 0.2) is 29.6 Å². The number of nitrogens with two attached hydrogens (primary N) is 1. The highest BCUT2D eigenvalue weighted by Gasteiger charge is 2.23. The number of nitrogen functional groups attached to an aromatic ring is 1. The SMILES string of the molecule is CC(C)(CNc1ccc(F)c(N)c1C(=O)O)c1cccs1. The predicted molar refractivity (Wildman–Crippen MR) is 83.6 cm³/mol. The Bertz CT molecular complexity index is 654. The van der Waals surface area contributed by atoms with Gasteiger partial charge in [-0.25, -0.2) is 9.18 Å². The average Bonchev–Trinajstić information content (AvgIpc) is 2.94. The van der Waals surface area contributed by atoms with Crippen LogP contribution in [0.4, 0.5) is 15.8 Å². The van der Waals surface area contributed by atoms with Crippen molar-refractivity contribution in [2.24, 2.45) is 0 Å². The molecule has 0 saturated carbocycles. The van der Waals surface area contributed by atoms with Crippen molar-refractivity contribution in [1.29, 1.82) is 0 Å². The van der Waals surface area contributed by atoms with E-state index in [2.05, 4.69) is 19.2 Å². The maximum atomic E-state index is 13.4. The molecule has 0 aliphatic heterocycles. The topological polar surface area (TPSA) is 75.3 Å². The first-order valence-corrected chi connectivity index (χ1v) is 7.30. The molecule has 6 heteroatoms. The summed E-state index contributed by atoms with van der Waals surface area (Å²) < 4.78 is 13.4. The molecule has 0 fully saturated rings. The van der Waals surface area contributed by atoms with Gasteiger partial charge in [-0.1, -0.05) is 19.9 Å². The smallest absolute Gasteiger partial charge is 0.340 e. The highest BCUT2D eigenvalue weighted by atomic mass is 32.1. The number of carboxylic acids is 1. The summed E-state index contributed by atoms with van der Waals surface area (Å²) in [6.45, 7) is 4.62. The van der Waals surface area contributed by atoms with E-state index in [1.165, 1.54) is 17.0 Å². The van der Waals surface area contributed by atoms with Crippen molar-refractivity contribution in [2.45, 2.75) is 19.3 Å². The van der Waals surface area contributed by atoms with Gasteiger partial charge < -0.3 is 16.2 Å². The lowest BCUT2D eigenvalue weighted by molar-refractivity contribution is 0.0698. The first kappa shape index (κ1) is 15.3. The number of hydrogen-bond acceptors (Lipinski definition) is 4. The number of carbonyl (C=O) groups is 1. The molecule has 0 atom stereocenters. The number of aromatic carboxylic acids is 1. The van der Waals surface area contributed by atoms with Crippen LogP contribution in [0.5, 0.6) is 0 Å². The summed E-state index contributed by atoms with van der Waals surface area (Å²) >= 11 is 1.64. The molecule has 0 spiro atoms. The second-order valence-electron chi connectivity index (χ2n) is 5.40. The molecule has 2 rings (SSSR count). The number of rotatable bonds is 5. The van der Waals surface area contributed by atoms with Crippen LogP contribution in [0.2, 0.25) is 0 Å². The van der Waals surface area contributed by atoms with Gasteiger partial charge in [-0.15, -0.1) is 11.3 Å². The summed E-state index contributed by atoms with van der Waals surface area (Å²) in [5.41, 5.74) is 5.11. The number of halogens is 1. The van der Waals surface area contributed by atoms with Crippen molar-refractivity contribution in [1.82, 2.24) is 0 Å². The third-order valence-corrected chi connectivity index (χ3v) is 4.55. The molecule has 112 valence electrons.